The molecule has 0 saturated carbocycles. The van der Waals surface area contributed by atoms with E-state index < -0.39 is 42.4 Å². The van der Waals surface area contributed by atoms with Crippen molar-refractivity contribution in [2.45, 2.75) is 31.0 Å². The third-order valence-corrected chi connectivity index (χ3v) is 5.64. The predicted molar refractivity (Wildman–Crippen MR) is 119 cm³/mol. The summed E-state index contributed by atoms with van der Waals surface area (Å²) in [4.78, 5) is 32.2. The lowest BCUT2D eigenvalue weighted by Gasteiger charge is -2.38. The maximum atomic E-state index is 13.1. The number of hydrogen-bond acceptors (Lipinski definition) is 5. The van der Waals surface area contributed by atoms with Crippen LogP contribution in [0.1, 0.15) is 22.7 Å². The molecule has 3 rings (SSSR count). The number of halogens is 10. The first kappa shape index (κ1) is 31.2. The number of carbonyl (C=O) groups excluding carboxylic acids is 3. The molecule has 0 bridgehead atoms. The van der Waals surface area contributed by atoms with Crippen LogP contribution in [0.25, 0.3) is 0 Å². The molecule has 1 aliphatic heterocycles. The monoisotopic (exact) mass is 671 g/mol. The first-order valence-corrected chi connectivity index (χ1v) is 11.1. The maximum absolute atomic E-state index is 13.1. The van der Waals surface area contributed by atoms with Crippen molar-refractivity contribution < 1.29 is 63.4 Å². The number of amides is 1. The molecule has 0 N–H and O–H groups in total. The molecular weight excluding hydrogens is 656 g/mol. The molecule has 1 amide bonds. The largest absolute Gasteiger partial charge is 0.497 e. The molecule has 16 heteroatoms. The first-order valence-electron chi connectivity index (χ1n) is 10.1. The average Bonchev–Trinajstić information content (AvgIpc) is 2.81. The lowest BCUT2D eigenvalue weighted by atomic mass is 9.88. The Labute approximate surface area is 221 Å². The number of methoxy groups -OCH3 is 1. The number of carbonyl (C=O) groups is 3. The fraction of sp³-hybridized carbons (Fsp3) is 0.318. The number of fused-ring (bicyclic) bond motifs is 1. The van der Waals surface area contributed by atoms with Gasteiger partial charge in [-0.25, -0.2) is 9.59 Å². The molecule has 0 spiro atoms. The van der Waals surface area contributed by atoms with Crippen LogP contribution >= 0.6 is 22.6 Å². The standard InChI is InChI=1S/C18H15F3INO2.C4F6O3/c1-25-14-6-7-15-12(10-14)8-9-23(17(24)18(19,20)21)16(15)11-2-4-13(22)5-3-11;5-3(6,7)1(11)13-2(12)4(8,9)10/h2-7,10,16H,8-9H2,1H3;. The summed E-state index contributed by atoms with van der Waals surface area (Å²) >= 11 is 2.13. The van der Waals surface area contributed by atoms with Gasteiger partial charge in [-0.05, 0) is 70.0 Å². The Kier molecular flexibility index (Phi) is 9.66. The highest BCUT2D eigenvalue weighted by Crippen LogP contribution is 2.39. The highest BCUT2D eigenvalue weighted by Gasteiger charge is 2.49. The molecule has 1 unspecified atom stereocenters. The minimum absolute atomic E-state index is 0.00909. The van der Waals surface area contributed by atoms with Crippen LogP contribution in [0.5, 0.6) is 5.75 Å². The number of esters is 2. The SMILES string of the molecule is COc1ccc2c(c1)CCN(C(=O)C(F)(F)F)C2c1ccc(I)cc1.O=C(OC(=O)C(F)(F)F)C(F)(F)F. The van der Waals surface area contributed by atoms with E-state index >= 15 is 0 Å². The Hall–Kier alpha value is -3.05. The van der Waals surface area contributed by atoms with Gasteiger partial charge in [-0.1, -0.05) is 18.2 Å². The number of alkyl halides is 9. The summed E-state index contributed by atoms with van der Waals surface area (Å²) in [5, 5.41) is 0. The second-order valence-corrected chi connectivity index (χ2v) is 8.68. The van der Waals surface area contributed by atoms with Crippen LogP contribution in [-0.4, -0.2) is 54.9 Å². The molecule has 1 heterocycles. The molecule has 6 nitrogen and oxygen atoms in total. The minimum atomic E-state index is -5.62. The van der Waals surface area contributed by atoms with E-state index in [1.54, 1.807) is 31.4 Å². The normalized spacial score (nSPS) is 15.6. The van der Waals surface area contributed by atoms with Crippen LogP contribution in [0.15, 0.2) is 42.5 Å². The molecule has 0 radical (unpaired) electrons. The van der Waals surface area contributed by atoms with Crippen molar-refractivity contribution in [2.75, 3.05) is 13.7 Å². The van der Waals surface area contributed by atoms with Crippen molar-refractivity contribution in [2.24, 2.45) is 0 Å². The summed E-state index contributed by atoms with van der Waals surface area (Å²) in [5.74, 6) is -7.56. The summed E-state index contributed by atoms with van der Waals surface area (Å²) in [6, 6.07) is 11.7. The molecule has 38 heavy (non-hydrogen) atoms. The lowest BCUT2D eigenvalue weighted by molar-refractivity contribution is -0.221. The van der Waals surface area contributed by atoms with Gasteiger partial charge < -0.3 is 14.4 Å². The van der Waals surface area contributed by atoms with Gasteiger partial charge in [0, 0.05) is 10.1 Å². The van der Waals surface area contributed by atoms with Crippen LogP contribution in [0.2, 0.25) is 0 Å². The van der Waals surface area contributed by atoms with Gasteiger partial charge in [-0.15, -0.1) is 0 Å². The fourth-order valence-electron chi connectivity index (χ4n) is 3.32. The number of nitrogens with zero attached hydrogens (tertiary/aromatic N) is 1. The maximum Gasteiger partial charge on any atom is 0.491 e. The van der Waals surface area contributed by atoms with Crippen LogP contribution in [0.4, 0.5) is 39.5 Å². The Morgan fingerprint density at radius 1 is 0.842 bits per heavy atom. The molecule has 2 aromatic carbocycles. The van der Waals surface area contributed by atoms with Crippen molar-refractivity contribution in [1.82, 2.24) is 4.90 Å². The van der Waals surface area contributed by atoms with Gasteiger partial charge in [-0.3, -0.25) is 4.79 Å². The Morgan fingerprint density at radius 3 is 1.82 bits per heavy atom. The van der Waals surface area contributed by atoms with E-state index in [9.17, 15) is 53.9 Å². The molecule has 0 saturated heterocycles. The predicted octanol–water partition coefficient (Wildman–Crippen LogP) is 5.52. The van der Waals surface area contributed by atoms with E-state index in [0.29, 0.717) is 23.3 Å². The lowest BCUT2D eigenvalue weighted by Crippen LogP contribution is -2.46. The first-order chi connectivity index (χ1) is 17.4. The van der Waals surface area contributed by atoms with Crippen LogP contribution in [-0.2, 0) is 25.5 Å². The van der Waals surface area contributed by atoms with Crippen LogP contribution in [0.3, 0.4) is 0 Å². The number of rotatable bonds is 2. The van der Waals surface area contributed by atoms with E-state index in [1.807, 2.05) is 18.2 Å². The Morgan fingerprint density at radius 2 is 1.37 bits per heavy atom. The van der Waals surface area contributed by atoms with E-state index in [2.05, 4.69) is 27.3 Å². The van der Waals surface area contributed by atoms with Crippen LogP contribution < -0.4 is 4.74 Å². The fourth-order valence-corrected chi connectivity index (χ4v) is 3.68. The molecule has 1 atom stereocenters. The van der Waals surface area contributed by atoms with Crippen molar-refractivity contribution in [3.05, 3.63) is 62.7 Å². The number of benzene rings is 2. The topological polar surface area (TPSA) is 72.9 Å². The molecule has 208 valence electrons. The van der Waals surface area contributed by atoms with Gasteiger partial charge >= 0.3 is 36.4 Å². The van der Waals surface area contributed by atoms with E-state index in [4.69, 9.17) is 4.74 Å². The second-order valence-electron chi connectivity index (χ2n) is 7.44. The summed E-state index contributed by atoms with van der Waals surface area (Å²) in [7, 11) is 1.54. The van der Waals surface area contributed by atoms with Gasteiger partial charge in [0.2, 0.25) is 0 Å². The molecule has 0 aromatic heterocycles. The highest BCUT2D eigenvalue weighted by molar-refractivity contribution is 14.1. The Balaban J connectivity index is 0.000000332. The van der Waals surface area contributed by atoms with Crippen LogP contribution in [0, 0.1) is 3.57 Å². The summed E-state index contributed by atoms with van der Waals surface area (Å²) in [6.45, 7) is 0.00909. The summed E-state index contributed by atoms with van der Waals surface area (Å²) < 4.78 is 115. The number of ether oxygens (including phenoxy) is 2. The van der Waals surface area contributed by atoms with E-state index in [-0.39, 0.29) is 6.54 Å². The van der Waals surface area contributed by atoms with Gasteiger partial charge in [0.05, 0.1) is 13.2 Å². The second kappa shape index (κ2) is 11.8. The Bertz CT molecular complexity index is 1150. The molecule has 1 aliphatic rings. The third kappa shape index (κ3) is 7.97. The van der Waals surface area contributed by atoms with Gasteiger partial charge in [0.1, 0.15) is 5.75 Å². The van der Waals surface area contributed by atoms with Crippen molar-refractivity contribution in [3.8, 4) is 5.75 Å². The van der Waals surface area contributed by atoms with E-state index in [0.717, 1.165) is 14.0 Å². The summed E-state index contributed by atoms with van der Waals surface area (Å²) in [5.41, 5.74) is 2.25. The smallest absolute Gasteiger partial charge is 0.491 e. The zero-order chi connectivity index (χ0) is 29.1. The quantitative estimate of drug-likeness (QED) is 0.182. The van der Waals surface area contributed by atoms with Crippen molar-refractivity contribution in [1.29, 1.82) is 0 Å². The molecule has 0 aliphatic carbocycles. The van der Waals surface area contributed by atoms with Gasteiger partial charge in [-0.2, -0.15) is 39.5 Å². The highest BCUT2D eigenvalue weighted by atomic mass is 127. The number of hydrogen-bond donors (Lipinski definition) is 0. The van der Waals surface area contributed by atoms with Gasteiger partial charge in [0.15, 0.2) is 0 Å². The molecule has 0 fully saturated rings. The van der Waals surface area contributed by atoms with Gasteiger partial charge in [0.25, 0.3) is 0 Å². The van der Waals surface area contributed by atoms with Crippen molar-refractivity contribution in [3.63, 3.8) is 0 Å². The van der Waals surface area contributed by atoms with Crippen molar-refractivity contribution >= 4 is 40.4 Å². The van der Waals surface area contributed by atoms with E-state index in [1.165, 1.54) is 0 Å². The molecular formula is C22H15F9INO5. The average molecular weight is 671 g/mol. The minimum Gasteiger partial charge on any atom is -0.497 e. The third-order valence-electron chi connectivity index (χ3n) is 4.92. The molecule has 2 aromatic rings. The zero-order valence-electron chi connectivity index (χ0n) is 18.8. The summed E-state index contributed by atoms with van der Waals surface area (Å²) in [6.07, 6.45) is -15.8. The zero-order valence-corrected chi connectivity index (χ0v) is 21.0.